The average Bonchev–Trinajstić information content (AvgIpc) is 2.27. The van der Waals surface area contributed by atoms with Gasteiger partial charge < -0.3 is 14.6 Å². The first-order valence-electron chi connectivity index (χ1n) is 5.33. The number of hydrogen-bond donors (Lipinski definition) is 1. The van der Waals surface area contributed by atoms with Crippen LogP contribution in [-0.4, -0.2) is 25.4 Å². The summed E-state index contributed by atoms with van der Waals surface area (Å²) >= 11 is 0. The molecule has 3 heteroatoms. The molecule has 0 bridgehead atoms. The number of methoxy groups -OCH3 is 2. The minimum atomic E-state index is -1.06. The van der Waals surface area contributed by atoms with Crippen molar-refractivity contribution >= 4 is 0 Å². The maximum Gasteiger partial charge on any atom is 0.125 e. The van der Waals surface area contributed by atoms with Crippen molar-refractivity contribution in [3.05, 3.63) is 29.3 Å². The van der Waals surface area contributed by atoms with E-state index in [2.05, 4.69) is 0 Å². The normalized spacial score (nSPS) is 16.6. The maximum absolute atomic E-state index is 10.5. The van der Waals surface area contributed by atoms with Crippen LogP contribution in [0, 0.1) is 6.92 Å². The average molecular weight is 224 g/mol. The largest absolute Gasteiger partial charge is 0.496 e. The standard InChI is InChI=1S/C13H20O3/c1-9-6-7-12(16-5)11(8-9)13(3,14)10(2)15-4/h6-8,10,14H,1-5H3. The Hall–Kier alpha value is -1.06. The fourth-order valence-electron chi connectivity index (χ4n) is 1.67. The molecule has 3 nitrogen and oxygen atoms in total. The van der Waals surface area contributed by atoms with E-state index in [1.54, 1.807) is 21.1 Å². The summed E-state index contributed by atoms with van der Waals surface area (Å²) in [4.78, 5) is 0. The summed E-state index contributed by atoms with van der Waals surface area (Å²) in [7, 11) is 3.18. The molecule has 0 saturated heterocycles. The molecule has 2 unspecified atom stereocenters. The van der Waals surface area contributed by atoms with Crippen LogP contribution in [-0.2, 0) is 10.3 Å². The second-order valence-corrected chi connectivity index (χ2v) is 4.23. The third-order valence-corrected chi connectivity index (χ3v) is 3.05. The topological polar surface area (TPSA) is 38.7 Å². The van der Waals surface area contributed by atoms with Crippen LogP contribution in [0.2, 0.25) is 0 Å². The summed E-state index contributed by atoms with van der Waals surface area (Å²) in [5.41, 5.74) is 0.773. The van der Waals surface area contributed by atoms with Gasteiger partial charge in [0, 0.05) is 12.7 Å². The Morgan fingerprint density at radius 1 is 1.31 bits per heavy atom. The van der Waals surface area contributed by atoms with E-state index in [9.17, 15) is 5.11 Å². The third-order valence-electron chi connectivity index (χ3n) is 3.05. The van der Waals surface area contributed by atoms with Gasteiger partial charge >= 0.3 is 0 Å². The highest BCUT2D eigenvalue weighted by molar-refractivity contribution is 5.41. The summed E-state index contributed by atoms with van der Waals surface area (Å²) in [6.07, 6.45) is -0.303. The molecule has 0 heterocycles. The Kier molecular flexibility index (Phi) is 3.94. The molecule has 2 atom stereocenters. The molecule has 1 rings (SSSR count). The summed E-state index contributed by atoms with van der Waals surface area (Å²) in [6, 6.07) is 5.74. The van der Waals surface area contributed by atoms with Crippen LogP contribution in [0.25, 0.3) is 0 Å². The molecule has 0 spiro atoms. The minimum Gasteiger partial charge on any atom is -0.496 e. The van der Waals surface area contributed by atoms with Crippen molar-refractivity contribution in [2.24, 2.45) is 0 Å². The monoisotopic (exact) mass is 224 g/mol. The zero-order valence-electron chi connectivity index (χ0n) is 10.6. The SMILES string of the molecule is COc1ccc(C)cc1C(C)(O)C(C)OC. The second kappa shape index (κ2) is 4.85. The van der Waals surface area contributed by atoms with Crippen LogP contribution in [0.15, 0.2) is 18.2 Å². The zero-order chi connectivity index (χ0) is 12.3. The van der Waals surface area contributed by atoms with E-state index in [1.165, 1.54) is 0 Å². The number of ether oxygens (including phenoxy) is 2. The van der Waals surface area contributed by atoms with Gasteiger partial charge in [-0.15, -0.1) is 0 Å². The van der Waals surface area contributed by atoms with Crippen molar-refractivity contribution in [1.82, 2.24) is 0 Å². The van der Waals surface area contributed by atoms with Gasteiger partial charge in [-0.05, 0) is 32.9 Å². The lowest BCUT2D eigenvalue weighted by molar-refractivity contribution is -0.0782. The molecule has 0 fully saturated rings. The van der Waals surface area contributed by atoms with Gasteiger partial charge in [-0.2, -0.15) is 0 Å². The van der Waals surface area contributed by atoms with E-state index >= 15 is 0 Å². The van der Waals surface area contributed by atoms with Crippen LogP contribution in [0.5, 0.6) is 5.75 Å². The Labute approximate surface area is 97.0 Å². The van der Waals surface area contributed by atoms with Gasteiger partial charge in [-0.1, -0.05) is 11.6 Å². The molecule has 0 amide bonds. The lowest BCUT2D eigenvalue weighted by Gasteiger charge is -2.31. The molecular weight excluding hydrogens is 204 g/mol. The van der Waals surface area contributed by atoms with Gasteiger partial charge in [0.25, 0.3) is 0 Å². The molecular formula is C13H20O3. The molecule has 0 aromatic heterocycles. The van der Waals surface area contributed by atoms with Gasteiger partial charge in [0.2, 0.25) is 0 Å². The van der Waals surface area contributed by atoms with Crippen molar-refractivity contribution < 1.29 is 14.6 Å². The molecule has 0 aliphatic rings. The molecule has 1 aromatic rings. The zero-order valence-corrected chi connectivity index (χ0v) is 10.6. The Morgan fingerprint density at radius 2 is 1.94 bits per heavy atom. The Bertz CT molecular complexity index is 358. The van der Waals surface area contributed by atoms with Crippen molar-refractivity contribution in [2.45, 2.75) is 32.5 Å². The predicted octanol–water partition coefficient (Wildman–Crippen LogP) is 2.25. The van der Waals surface area contributed by atoms with Crippen molar-refractivity contribution in [3.8, 4) is 5.75 Å². The highest BCUT2D eigenvalue weighted by Gasteiger charge is 2.33. The Balaban J connectivity index is 3.24. The quantitative estimate of drug-likeness (QED) is 0.852. The maximum atomic E-state index is 10.5. The molecule has 0 saturated carbocycles. The summed E-state index contributed by atoms with van der Waals surface area (Å²) in [6.45, 7) is 5.55. The molecule has 1 N–H and O–H groups in total. The lowest BCUT2D eigenvalue weighted by Crippen LogP contribution is -2.36. The number of benzene rings is 1. The summed E-state index contributed by atoms with van der Waals surface area (Å²) in [5.74, 6) is 0.680. The molecule has 90 valence electrons. The van der Waals surface area contributed by atoms with E-state index in [-0.39, 0.29) is 6.10 Å². The molecule has 0 aliphatic heterocycles. The number of hydrogen-bond acceptors (Lipinski definition) is 3. The number of aliphatic hydroxyl groups is 1. The molecule has 0 aliphatic carbocycles. The first-order valence-corrected chi connectivity index (χ1v) is 5.33. The van der Waals surface area contributed by atoms with Gasteiger partial charge in [0.1, 0.15) is 11.4 Å². The first-order chi connectivity index (χ1) is 7.43. The van der Waals surface area contributed by atoms with Crippen molar-refractivity contribution in [3.63, 3.8) is 0 Å². The third kappa shape index (κ3) is 2.36. The summed E-state index contributed by atoms with van der Waals surface area (Å²) < 4.78 is 10.5. The van der Waals surface area contributed by atoms with Crippen LogP contribution in [0.4, 0.5) is 0 Å². The predicted molar refractivity (Wildman–Crippen MR) is 63.8 cm³/mol. The smallest absolute Gasteiger partial charge is 0.125 e. The minimum absolute atomic E-state index is 0.303. The van der Waals surface area contributed by atoms with Crippen molar-refractivity contribution in [1.29, 1.82) is 0 Å². The van der Waals surface area contributed by atoms with Gasteiger partial charge in [-0.25, -0.2) is 0 Å². The van der Waals surface area contributed by atoms with Gasteiger partial charge in [0.05, 0.1) is 13.2 Å². The van der Waals surface area contributed by atoms with Crippen LogP contribution in [0.1, 0.15) is 25.0 Å². The first kappa shape index (κ1) is 13.0. The Morgan fingerprint density at radius 3 is 2.44 bits per heavy atom. The van der Waals surface area contributed by atoms with Crippen LogP contribution < -0.4 is 4.74 Å². The summed E-state index contributed by atoms with van der Waals surface area (Å²) in [5, 5.41) is 10.5. The van der Waals surface area contributed by atoms with Gasteiger partial charge in [0.15, 0.2) is 0 Å². The lowest BCUT2D eigenvalue weighted by atomic mass is 9.89. The highest BCUT2D eigenvalue weighted by atomic mass is 16.5. The van der Waals surface area contributed by atoms with Crippen LogP contribution >= 0.6 is 0 Å². The van der Waals surface area contributed by atoms with E-state index < -0.39 is 5.60 Å². The van der Waals surface area contributed by atoms with E-state index in [4.69, 9.17) is 9.47 Å². The molecule has 1 aromatic carbocycles. The second-order valence-electron chi connectivity index (χ2n) is 4.23. The molecule has 16 heavy (non-hydrogen) atoms. The number of aryl methyl sites for hydroxylation is 1. The van der Waals surface area contributed by atoms with Crippen LogP contribution in [0.3, 0.4) is 0 Å². The fraction of sp³-hybridized carbons (Fsp3) is 0.538. The van der Waals surface area contributed by atoms with E-state index in [0.717, 1.165) is 11.1 Å². The van der Waals surface area contributed by atoms with Crippen molar-refractivity contribution in [2.75, 3.05) is 14.2 Å². The molecule has 0 radical (unpaired) electrons. The highest BCUT2D eigenvalue weighted by Crippen LogP contribution is 2.34. The number of rotatable bonds is 4. The van der Waals surface area contributed by atoms with Gasteiger partial charge in [-0.3, -0.25) is 0 Å². The van der Waals surface area contributed by atoms with E-state index in [0.29, 0.717) is 5.75 Å². The fourth-order valence-corrected chi connectivity index (χ4v) is 1.67. The van der Waals surface area contributed by atoms with E-state index in [1.807, 2.05) is 32.0 Å².